The molecule has 0 saturated carbocycles. The van der Waals surface area contributed by atoms with Crippen LogP contribution in [0.15, 0.2) is 54.6 Å². The maximum absolute atomic E-state index is 6.02. The van der Waals surface area contributed by atoms with Crippen molar-refractivity contribution in [3.05, 3.63) is 59.6 Å². The lowest BCUT2D eigenvalue weighted by atomic mass is 10.1. The van der Waals surface area contributed by atoms with Gasteiger partial charge in [0.1, 0.15) is 5.69 Å². The van der Waals surface area contributed by atoms with Gasteiger partial charge in [-0.1, -0.05) is 41.9 Å². The highest BCUT2D eigenvalue weighted by molar-refractivity contribution is 6.30. The molecule has 27 heavy (non-hydrogen) atoms. The van der Waals surface area contributed by atoms with Crippen LogP contribution in [0.5, 0.6) is 0 Å². The molecule has 0 unspecified atom stereocenters. The number of hydrogen-bond acceptors (Lipinski definition) is 5. The first kappa shape index (κ1) is 17.9. The topological polar surface area (TPSA) is 53.9 Å². The van der Waals surface area contributed by atoms with E-state index in [2.05, 4.69) is 34.3 Å². The average molecular weight is 380 g/mol. The summed E-state index contributed by atoms with van der Waals surface area (Å²) in [5.41, 5.74) is 2.74. The molecule has 2 heterocycles. The van der Waals surface area contributed by atoms with Crippen LogP contribution in [0.2, 0.25) is 5.02 Å². The van der Waals surface area contributed by atoms with E-state index in [1.807, 2.05) is 54.6 Å². The van der Waals surface area contributed by atoms with E-state index in [4.69, 9.17) is 16.6 Å². The summed E-state index contributed by atoms with van der Waals surface area (Å²) >= 11 is 6.02. The van der Waals surface area contributed by atoms with Gasteiger partial charge in [0.05, 0.1) is 0 Å². The zero-order chi connectivity index (χ0) is 18.8. The predicted molar refractivity (Wildman–Crippen MR) is 110 cm³/mol. The quantitative estimate of drug-likeness (QED) is 0.744. The van der Waals surface area contributed by atoms with Crippen LogP contribution in [0.25, 0.3) is 22.6 Å². The number of benzene rings is 2. The molecule has 138 valence electrons. The Morgan fingerprint density at radius 2 is 1.56 bits per heavy atom. The van der Waals surface area contributed by atoms with Gasteiger partial charge in [-0.3, -0.25) is 0 Å². The number of rotatable bonds is 3. The second-order valence-electron chi connectivity index (χ2n) is 7.05. The number of anilines is 1. The Morgan fingerprint density at radius 1 is 0.889 bits per heavy atom. The molecule has 3 aromatic rings. The van der Waals surface area contributed by atoms with Crippen LogP contribution in [0.1, 0.15) is 13.8 Å². The Labute approximate surface area is 164 Å². The van der Waals surface area contributed by atoms with Crippen molar-refractivity contribution in [2.45, 2.75) is 25.9 Å². The molecule has 0 bridgehead atoms. The van der Waals surface area contributed by atoms with E-state index >= 15 is 0 Å². The second kappa shape index (κ2) is 7.62. The Balaban J connectivity index is 1.81. The van der Waals surface area contributed by atoms with Crippen molar-refractivity contribution in [2.24, 2.45) is 0 Å². The minimum absolute atomic E-state index is 0.381. The SMILES string of the molecule is C[C@@H]1CN(c2nc(-c3ccc(Cl)cc3)nnc2-c2ccccc2)C[C@H](C)N1. The van der Waals surface area contributed by atoms with Gasteiger partial charge in [0.15, 0.2) is 11.6 Å². The maximum Gasteiger partial charge on any atom is 0.183 e. The number of nitrogens with one attached hydrogen (secondary N) is 1. The van der Waals surface area contributed by atoms with E-state index in [1.54, 1.807) is 0 Å². The Kier molecular flexibility index (Phi) is 5.05. The lowest BCUT2D eigenvalue weighted by Gasteiger charge is -2.37. The molecule has 0 aliphatic carbocycles. The fraction of sp³-hybridized carbons (Fsp3) is 0.286. The molecule has 0 spiro atoms. The normalized spacial score (nSPS) is 19.9. The summed E-state index contributed by atoms with van der Waals surface area (Å²) in [5, 5.41) is 13.2. The van der Waals surface area contributed by atoms with Crippen LogP contribution in [0.3, 0.4) is 0 Å². The molecule has 1 aliphatic rings. The van der Waals surface area contributed by atoms with Gasteiger partial charge in [0, 0.05) is 41.3 Å². The molecule has 1 aromatic heterocycles. The number of piperazine rings is 1. The zero-order valence-electron chi connectivity index (χ0n) is 15.4. The maximum atomic E-state index is 6.02. The van der Waals surface area contributed by atoms with Gasteiger partial charge in [-0.25, -0.2) is 4.98 Å². The molecule has 2 aromatic carbocycles. The van der Waals surface area contributed by atoms with Crippen molar-refractivity contribution in [3.63, 3.8) is 0 Å². The van der Waals surface area contributed by atoms with Crippen molar-refractivity contribution in [3.8, 4) is 22.6 Å². The molecular formula is C21H22ClN5. The minimum Gasteiger partial charge on any atom is -0.352 e. The number of hydrogen-bond donors (Lipinski definition) is 1. The van der Waals surface area contributed by atoms with E-state index in [0.717, 1.165) is 35.7 Å². The third-order valence-corrected chi connectivity index (χ3v) is 4.93. The highest BCUT2D eigenvalue weighted by Crippen LogP contribution is 2.30. The first-order chi connectivity index (χ1) is 13.1. The Hall–Kier alpha value is -2.50. The first-order valence-electron chi connectivity index (χ1n) is 9.17. The standard InChI is InChI=1S/C21H22ClN5/c1-14-12-27(13-15(2)23-14)21-19(16-6-4-3-5-7-16)25-26-20(24-21)17-8-10-18(22)11-9-17/h3-11,14-15,23H,12-13H2,1-2H3/t14-,15+. The van der Waals surface area contributed by atoms with Crippen molar-refractivity contribution in [1.82, 2.24) is 20.5 Å². The van der Waals surface area contributed by atoms with Crippen LogP contribution < -0.4 is 10.2 Å². The molecule has 0 amide bonds. The fourth-order valence-corrected chi connectivity index (χ4v) is 3.67. The Bertz CT molecular complexity index is 904. The average Bonchev–Trinajstić information content (AvgIpc) is 2.68. The monoisotopic (exact) mass is 379 g/mol. The minimum atomic E-state index is 0.381. The predicted octanol–water partition coefficient (Wildman–Crippen LogP) is 4.05. The molecule has 5 nitrogen and oxygen atoms in total. The fourth-order valence-electron chi connectivity index (χ4n) is 3.54. The summed E-state index contributed by atoms with van der Waals surface area (Å²) in [5.74, 6) is 1.49. The lowest BCUT2D eigenvalue weighted by Crippen LogP contribution is -2.54. The van der Waals surface area contributed by atoms with Crippen molar-refractivity contribution < 1.29 is 0 Å². The van der Waals surface area contributed by atoms with Gasteiger partial charge in [-0.05, 0) is 38.1 Å². The van der Waals surface area contributed by atoms with Gasteiger partial charge in [0.25, 0.3) is 0 Å². The zero-order valence-corrected chi connectivity index (χ0v) is 16.2. The summed E-state index contributed by atoms with van der Waals surface area (Å²) < 4.78 is 0. The summed E-state index contributed by atoms with van der Waals surface area (Å²) in [6.45, 7) is 6.14. The van der Waals surface area contributed by atoms with Gasteiger partial charge in [0.2, 0.25) is 0 Å². The van der Waals surface area contributed by atoms with Crippen LogP contribution in [-0.2, 0) is 0 Å². The summed E-state index contributed by atoms with van der Waals surface area (Å²) in [6, 6.07) is 18.4. The van der Waals surface area contributed by atoms with E-state index in [9.17, 15) is 0 Å². The molecular weight excluding hydrogens is 358 g/mol. The number of halogens is 1. The molecule has 1 saturated heterocycles. The van der Waals surface area contributed by atoms with E-state index in [0.29, 0.717) is 22.9 Å². The van der Waals surface area contributed by atoms with Crippen LogP contribution in [-0.4, -0.2) is 40.4 Å². The van der Waals surface area contributed by atoms with Crippen LogP contribution in [0, 0.1) is 0 Å². The van der Waals surface area contributed by atoms with Gasteiger partial charge < -0.3 is 10.2 Å². The Morgan fingerprint density at radius 3 is 2.22 bits per heavy atom. The second-order valence-corrected chi connectivity index (χ2v) is 7.49. The highest BCUT2D eigenvalue weighted by Gasteiger charge is 2.26. The summed E-state index contributed by atoms with van der Waals surface area (Å²) in [4.78, 5) is 7.23. The summed E-state index contributed by atoms with van der Waals surface area (Å²) in [7, 11) is 0. The largest absolute Gasteiger partial charge is 0.352 e. The van der Waals surface area contributed by atoms with Crippen LogP contribution >= 0.6 is 11.6 Å². The van der Waals surface area contributed by atoms with Gasteiger partial charge >= 0.3 is 0 Å². The molecule has 0 radical (unpaired) electrons. The van der Waals surface area contributed by atoms with Crippen molar-refractivity contribution in [1.29, 1.82) is 0 Å². The third kappa shape index (κ3) is 3.94. The number of aromatic nitrogens is 3. The number of nitrogens with zero attached hydrogens (tertiary/aromatic N) is 4. The van der Waals surface area contributed by atoms with Gasteiger partial charge in [-0.15, -0.1) is 10.2 Å². The smallest absolute Gasteiger partial charge is 0.183 e. The third-order valence-electron chi connectivity index (χ3n) is 4.68. The van der Waals surface area contributed by atoms with E-state index < -0.39 is 0 Å². The molecule has 2 atom stereocenters. The molecule has 1 N–H and O–H groups in total. The molecule has 4 rings (SSSR count). The van der Waals surface area contributed by atoms with Crippen molar-refractivity contribution in [2.75, 3.05) is 18.0 Å². The lowest BCUT2D eigenvalue weighted by molar-refractivity contribution is 0.405. The van der Waals surface area contributed by atoms with E-state index in [1.165, 1.54) is 0 Å². The molecule has 6 heteroatoms. The summed E-state index contributed by atoms with van der Waals surface area (Å²) in [6.07, 6.45) is 0. The van der Waals surface area contributed by atoms with Gasteiger partial charge in [-0.2, -0.15) is 0 Å². The highest BCUT2D eigenvalue weighted by atomic mass is 35.5. The molecule has 1 aliphatic heterocycles. The first-order valence-corrected chi connectivity index (χ1v) is 9.55. The van der Waals surface area contributed by atoms with E-state index in [-0.39, 0.29) is 0 Å². The van der Waals surface area contributed by atoms with Crippen molar-refractivity contribution >= 4 is 17.4 Å². The molecule has 1 fully saturated rings. The van der Waals surface area contributed by atoms with Crippen LogP contribution in [0.4, 0.5) is 5.82 Å².